The Bertz CT molecular complexity index is 349. The summed E-state index contributed by atoms with van der Waals surface area (Å²) in [5.74, 6) is 0.191. The molecular weight excluding hydrogens is 192 g/mol. The van der Waals surface area contributed by atoms with Gasteiger partial charge in [-0.2, -0.15) is 0 Å². The van der Waals surface area contributed by atoms with E-state index in [2.05, 4.69) is 0 Å². The fraction of sp³-hybridized carbons (Fsp3) is 0.500. The average Bonchev–Trinajstić information content (AvgIpc) is 2.52. The number of thiophene rings is 1. The van der Waals surface area contributed by atoms with E-state index in [9.17, 15) is 8.42 Å². The van der Waals surface area contributed by atoms with E-state index in [1.807, 2.05) is 13.0 Å². The molecule has 0 atom stereocenters. The van der Waals surface area contributed by atoms with Crippen LogP contribution in [0.15, 0.2) is 16.3 Å². The molecule has 12 heavy (non-hydrogen) atoms. The number of rotatable bonds is 3. The molecule has 68 valence electrons. The highest BCUT2D eigenvalue weighted by Crippen LogP contribution is 2.22. The van der Waals surface area contributed by atoms with Crippen molar-refractivity contribution in [3.63, 3.8) is 0 Å². The van der Waals surface area contributed by atoms with Gasteiger partial charge in [0.05, 0.1) is 5.75 Å². The average molecular weight is 204 g/mol. The van der Waals surface area contributed by atoms with Crippen LogP contribution in [0.2, 0.25) is 0 Å². The van der Waals surface area contributed by atoms with Crippen molar-refractivity contribution < 1.29 is 8.42 Å². The third-order valence-corrected chi connectivity index (χ3v) is 5.22. The quantitative estimate of drug-likeness (QED) is 0.755. The van der Waals surface area contributed by atoms with E-state index in [1.165, 1.54) is 11.3 Å². The molecule has 0 amide bonds. The lowest BCUT2D eigenvalue weighted by molar-refractivity contribution is 0.599. The van der Waals surface area contributed by atoms with Crippen LogP contribution in [0.4, 0.5) is 0 Å². The summed E-state index contributed by atoms with van der Waals surface area (Å²) in [6.07, 6.45) is 0.907. The molecule has 1 heterocycles. The van der Waals surface area contributed by atoms with Gasteiger partial charge in [-0.15, -0.1) is 11.3 Å². The van der Waals surface area contributed by atoms with Gasteiger partial charge < -0.3 is 0 Å². The number of sulfone groups is 1. The van der Waals surface area contributed by atoms with Crippen LogP contribution < -0.4 is 0 Å². The first kappa shape index (κ1) is 9.74. The smallest absolute Gasteiger partial charge is 0.187 e. The highest BCUT2D eigenvalue weighted by Gasteiger charge is 2.13. The van der Waals surface area contributed by atoms with Crippen LogP contribution in [0.25, 0.3) is 0 Å². The molecule has 0 N–H and O–H groups in total. The minimum absolute atomic E-state index is 0.191. The monoisotopic (exact) mass is 204 g/mol. The zero-order valence-electron chi connectivity index (χ0n) is 7.20. The Balaban J connectivity index is 3.05. The molecule has 0 aromatic carbocycles. The molecule has 0 aliphatic rings. The number of hydrogen-bond acceptors (Lipinski definition) is 3. The van der Waals surface area contributed by atoms with Crippen LogP contribution in [0.1, 0.15) is 18.7 Å². The zero-order valence-corrected chi connectivity index (χ0v) is 8.83. The summed E-state index contributed by atoms with van der Waals surface area (Å²) in [7, 11) is -2.97. The van der Waals surface area contributed by atoms with Crippen LogP contribution in [-0.2, 0) is 16.3 Å². The molecule has 0 saturated heterocycles. The fourth-order valence-corrected chi connectivity index (χ4v) is 3.28. The van der Waals surface area contributed by atoms with Gasteiger partial charge in [0.25, 0.3) is 0 Å². The first-order valence-electron chi connectivity index (χ1n) is 3.91. The predicted molar refractivity (Wildman–Crippen MR) is 51.4 cm³/mol. The second-order valence-corrected chi connectivity index (χ2v) is 6.15. The molecule has 0 fully saturated rings. The molecule has 0 bridgehead atoms. The summed E-state index contributed by atoms with van der Waals surface area (Å²) >= 11 is 1.38. The molecule has 1 aromatic heterocycles. The van der Waals surface area contributed by atoms with E-state index >= 15 is 0 Å². The normalized spacial score (nSPS) is 11.8. The van der Waals surface area contributed by atoms with Gasteiger partial charge in [0, 0.05) is 4.88 Å². The Hall–Kier alpha value is -0.350. The van der Waals surface area contributed by atoms with Gasteiger partial charge in [-0.1, -0.05) is 13.8 Å². The van der Waals surface area contributed by atoms with Gasteiger partial charge in [-0.05, 0) is 18.6 Å². The van der Waals surface area contributed by atoms with Crippen LogP contribution >= 0.6 is 11.3 Å². The van der Waals surface area contributed by atoms with Crippen molar-refractivity contribution in [2.45, 2.75) is 24.5 Å². The number of aryl methyl sites for hydroxylation is 1. The van der Waals surface area contributed by atoms with E-state index in [1.54, 1.807) is 13.0 Å². The second kappa shape index (κ2) is 3.58. The summed E-state index contributed by atoms with van der Waals surface area (Å²) in [6.45, 7) is 3.69. The molecule has 0 aliphatic heterocycles. The van der Waals surface area contributed by atoms with Crippen molar-refractivity contribution >= 4 is 21.2 Å². The topological polar surface area (TPSA) is 34.1 Å². The van der Waals surface area contributed by atoms with Crippen molar-refractivity contribution in [2.75, 3.05) is 5.75 Å². The summed E-state index contributed by atoms with van der Waals surface area (Å²) in [6, 6.07) is 3.58. The van der Waals surface area contributed by atoms with Crippen molar-refractivity contribution in [3.05, 3.63) is 17.0 Å². The zero-order chi connectivity index (χ0) is 9.19. The van der Waals surface area contributed by atoms with Crippen LogP contribution in [0.5, 0.6) is 0 Å². The Kier molecular flexibility index (Phi) is 2.90. The minimum Gasteiger partial charge on any atom is -0.223 e. The maximum absolute atomic E-state index is 11.3. The van der Waals surface area contributed by atoms with Crippen molar-refractivity contribution in [1.82, 2.24) is 0 Å². The fourth-order valence-electron chi connectivity index (χ4n) is 0.858. The minimum atomic E-state index is -2.97. The lowest BCUT2D eigenvalue weighted by Crippen LogP contribution is -2.00. The van der Waals surface area contributed by atoms with Gasteiger partial charge in [0.1, 0.15) is 4.21 Å². The summed E-state index contributed by atoms with van der Waals surface area (Å²) < 4.78 is 23.2. The van der Waals surface area contributed by atoms with E-state index in [-0.39, 0.29) is 5.75 Å². The molecule has 1 aromatic rings. The van der Waals surface area contributed by atoms with E-state index < -0.39 is 9.84 Å². The molecule has 1 rings (SSSR count). The lowest BCUT2D eigenvalue weighted by Gasteiger charge is -1.93. The van der Waals surface area contributed by atoms with Gasteiger partial charge in [-0.25, -0.2) is 8.42 Å². The molecule has 4 heteroatoms. The van der Waals surface area contributed by atoms with Gasteiger partial charge in [-0.3, -0.25) is 0 Å². The lowest BCUT2D eigenvalue weighted by atomic mass is 10.4. The van der Waals surface area contributed by atoms with Gasteiger partial charge >= 0.3 is 0 Å². The highest BCUT2D eigenvalue weighted by molar-refractivity contribution is 7.93. The van der Waals surface area contributed by atoms with Crippen LogP contribution in [-0.4, -0.2) is 14.2 Å². The van der Waals surface area contributed by atoms with E-state index in [4.69, 9.17) is 0 Å². The van der Waals surface area contributed by atoms with E-state index in [0.717, 1.165) is 11.3 Å². The second-order valence-electron chi connectivity index (χ2n) is 2.48. The molecule has 0 saturated carbocycles. The summed E-state index contributed by atoms with van der Waals surface area (Å²) in [5.41, 5.74) is 0. The Morgan fingerprint density at radius 3 is 2.42 bits per heavy atom. The number of hydrogen-bond donors (Lipinski definition) is 0. The highest BCUT2D eigenvalue weighted by atomic mass is 32.2. The Morgan fingerprint density at radius 2 is 2.00 bits per heavy atom. The molecular formula is C8H12O2S2. The van der Waals surface area contributed by atoms with Gasteiger partial charge in [0.2, 0.25) is 0 Å². The van der Waals surface area contributed by atoms with Crippen molar-refractivity contribution in [1.29, 1.82) is 0 Å². The van der Waals surface area contributed by atoms with Crippen LogP contribution in [0.3, 0.4) is 0 Å². The molecule has 0 radical (unpaired) electrons. The first-order valence-corrected chi connectivity index (χ1v) is 6.38. The largest absolute Gasteiger partial charge is 0.223 e. The predicted octanol–water partition coefficient (Wildman–Crippen LogP) is 2.10. The summed E-state index contributed by atoms with van der Waals surface area (Å²) in [4.78, 5) is 1.13. The van der Waals surface area contributed by atoms with Gasteiger partial charge in [0.15, 0.2) is 9.84 Å². The first-order chi connectivity index (χ1) is 5.60. The maximum Gasteiger partial charge on any atom is 0.187 e. The Labute approximate surface area is 77.2 Å². The Morgan fingerprint density at radius 1 is 1.33 bits per heavy atom. The SMILES string of the molecule is CCc1ccc(S(=O)(=O)CC)s1. The molecule has 0 aliphatic carbocycles. The molecule has 2 nitrogen and oxygen atoms in total. The van der Waals surface area contributed by atoms with Crippen molar-refractivity contribution in [3.8, 4) is 0 Å². The van der Waals surface area contributed by atoms with Crippen molar-refractivity contribution in [2.24, 2.45) is 0 Å². The molecule has 0 unspecified atom stereocenters. The van der Waals surface area contributed by atoms with Crippen LogP contribution in [0, 0.1) is 0 Å². The third-order valence-electron chi connectivity index (χ3n) is 1.67. The summed E-state index contributed by atoms with van der Waals surface area (Å²) in [5, 5.41) is 0. The molecule has 0 spiro atoms. The third kappa shape index (κ3) is 1.87. The van der Waals surface area contributed by atoms with E-state index in [0.29, 0.717) is 4.21 Å². The standard InChI is InChI=1S/C8H12O2S2/c1-3-7-5-6-8(11-7)12(9,10)4-2/h5-6H,3-4H2,1-2H3. The maximum atomic E-state index is 11.3.